The third-order valence-corrected chi connectivity index (χ3v) is 7.79. The zero-order valence-electron chi connectivity index (χ0n) is 27.2. The summed E-state index contributed by atoms with van der Waals surface area (Å²) in [6.45, 7) is 15.6. The minimum atomic E-state index is -0.791. The number of carbonyl (C=O) groups is 3. The summed E-state index contributed by atoms with van der Waals surface area (Å²) in [7, 11) is 5.07. The van der Waals surface area contributed by atoms with Gasteiger partial charge in [0.2, 0.25) is 11.8 Å². The molecule has 0 spiro atoms. The predicted molar refractivity (Wildman–Crippen MR) is 170 cm³/mol. The zero-order chi connectivity index (χ0) is 31.8. The molecule has 0 bridgehead atoms. The van der Waals surface area contributed by atoms with E-state index in [9.17, 15) is 14.4 Å². The van der Waals surface area contributed by atoms with Gasteiger partial charge in [-0.05, 0) is 55.1 Å². The van der Waals surface area contributed by atoms with Gasteiger partial charge in [-0.25, -0.2) is 0 Å². The number of amides is 3. The van der Waals surface area contributed by atoms with Crippen LogP contribution in [0.25, 0.3) is 0 Å². The third kappa shape index (κ3) is 8.68. The summed E-state index contributed by atoms with van der Waals surface area (Å²) in [5.41, 5.74) is 1.05. The summed E-state index contributed by atoms with van der Waals surface area (Å²) in [4.78, 5) is 42.4. The zero-order valence-corrected chi connectivity index (χ0v) is 27.2. The lowest BCUT2D eigenvalue weighted by Crippen LogP contribution is -2.61. The number of rotatable bonds is 12. The molecule has 0 saturated carbocycles. The summed E-state index contributed by atoms with van der Waals surface area (Å²) in [5.74, 6) is -0.0138. The van der Waals surface area contributed by atoms with Crippen molar-refractivity contribution in [3.63, 3.8) is 0 Å². The molecule has 2 aromatic rings. The lowest BCUT2D eigenvalue weighted by atomic mass is 9.76. The average Bonchev–Trinajstić information content (AvgIpc) is 2.94. The van der Waals surface area contributed by atoms with Gasteiger partial charge < -0.3 is 25.6 Å². The molecule has 0 saturated heterocycles. The van der Waals surface area contributed by atoms with Gasteiger partial charge in [-0.3, -0.25) is 14.4 Å². The van der Waals surface area contributed by atoms with E-state index in [1.54, 1.807) is 57.3 Å². The number of carbonyl (C=O) groups excluding carboxylic acids is 3. The number of hydrogen-bond donors (Lipinski definition) is 3. The lowest BCUT2D eigenvalue weighted by Gasteiger charge is -2.40. The first-order chi connectivity index (χ1) is 19.5. The van der Waals surface area contributed by atoms with Crippen LogP contribution < -0.4 is 20.7 Å². The number of hydrogen-bond acceptors (Lipinski definition) is 5. The molecule has 0 aromatic heterocycles. The summed E-state index contributed by atoms with van der Waals surface area (Å²) >= 11 is 0. The van der Waals surface area contributed by atoms with Crippen LogP contribution in [0.4, 0.5) is 5.69 Å². The predicted octanol–water partition coefficient (Wildman–Crippen LogP) is 5.16. The number of anilines is 1. The highest BCUT2D eigenvalue weighted by Crippen LogP contribution is 2.29. The van der Waals surface area contributed by atoms with Crippen molar-refractivity contribution in [2.75, 3.05) is 26.5 Å². The van der Waals surface area contributed by atoms with Crippen LogP contribution in [0.15, 0.2) is 66.2 Å². The minimum Gasteiger partial charge on any atom is -0.497 e. The Balaban J connectivity index is 2.29. The average molecular weight is 579 g/mol. The number of nitrogens with one attached hydrogen (secondary N) is 3. The Morgan fingerprint density at radius 2 is 1.48 bits per heavy atom. The second-order valence-corrected chi connectivity index (χ2v) is 12.8. The van der Waals surface area contributed by atoms with Crippen LogP contribution in [0.2, 0.25) is 0 Å². The van der Waals surface area contributed by atoms with Crippen molar-refractivity contribution >= 4 is 23.4 Å². The van der Waals surface area contributed by atoms with Crippen molar-refractivity contribution in [1.29, 1.82) is 0 Å². The van der Waals surface area contributed by atoms with Crippen molar-refractivity contribution in [3.8, 4) is 5.75 Å². The second kappa shape index (κ2) is 14.5. The highest BCUT2D eigenvalue weighted by molar-refractivity contribution is 6.03. The SMILES string of the molecule is CN[C@H](C(=O)N[C@H](C(=O)N(C)[C@H](/C=C(\C)C(=O)Nc1ccc(OC)cc1)C(C)C)C(C)(C)C)C(C)(C)c1ccccc1. The molecule has 0 unspecified atom stereocenters. The second-order valence-electron chi connectivity index (χ2n) is 12.8. The van der Waals surface area contributed by atoms with Crippen molar-refractivity contribution in [1.82, 2.24) is 15.5 Å². The van der Waals surface area contributed by atoms with Gasteiger partial charge >= 0.3 is 0 Å². The van der Waals surface area contributed by atoms with Crippen LogP contribution in [0.1, 0.15) is 61.0 Å². The van der Waals surface area contributed by atoms with E-state index in [1.807, 2.05) is 84.9 Å². The maximum Gasteiger partial charge on any atom is 0.251 e. The van der Waals surface area contributed by atoms with Crippen molar-refractivity contribution in [2.24, 2.45) is 11.3 Å². The van der Waals surface area contributed by atoms with Crippen LogP contribution in [-0.2, 0) is 19.8 Å². The van der Waals surface area contributed by atoms with Gasteiger partial charge in [0.1, 0.15) is 11.8 Å². The summed E-state index contributed by atoms with van der Waals surface area (Å²) in [6, 6.07) is 15.2. The molecule has 0 aliphatic heterocycles. The van der Waals surface area contributed by atoms with Crippen LogP contribution in [0.5, 0.6) is 5.75 Å². The number of benzene rings is 2. The van der Waals surface area contributed by atoms with E-state index in [2.05, 4.69) is 16.0 Å². The first kappa shape index (κ1) is 34.6. The summed E-state index contributed by atoms with van der Waals surface area (Å²) in [5, 5.41) is 9.14. The van der Waals surface area contributed by atoms with Crippen molar-refractivity contribution in [2.45, 2.75) is 78.9 Å². The van der Waals surface area contributed by atoms with Crippen LogP contribution in [0.3, 0.4) is 0 Å². The molecule has 2 rings (SSSR count). The van der Waals surface area contributed by atoms with Gasteiger partial charge in [-0.1, -0.05) is 84.9 Å². The van der Waals surface area contributed by atoms with E-state index in [-0.39, 0.29) is 29.7 Å². The Hall–Kier alpha value is -3.65. The maximum absolute atomic E-state index is 14.1. The molecular formula is C34H50N4O4. The van der Waals surface area contributed by atoms with Crippen molar-refractivity contribution < 1.29 is 19.1 Å². The molecule has 2 aromatic carbocycles. The Kier molecular flexibility index (Phi) is 11.9. The fraction of sp³-hybridized carbons (Fsp3) is 0.500. The van der Waals surface area contributed by atoms with E-state index in [0.717, 1.165) is 5.56 Å². The number of methoxy groups -OCH3 is 1. The Morgan fingerprint density at radius 1 is 0.905 bits per heavy atom. The van der Waals surface area contributed by atoms with Crippen LogP contribution in [-0.4, -0.2) is 62.0 Å². The first-order valence-corrected chi connectivity index (χ1v) is 14.5. The van der Waals surface area contributed by atoms with Gasteiger partial charge in [0.25, 0.3) is 5.91 Å². The number of likely N-dealkylation sites (N-methyl/N-ethyl adjacent to an activating group) is 2. The van der Waals surface area contributed by atoms with Gasteiger partial charge in [0.05, 0.1) is 19.2 Å². The normalized spacial score (nSPS) is 14.5. The van der Waals surface area contributed by atoms with E-state index in [0.29, 0.717) is 17.0 Å². The number of nitrogens with zero attached hydrogens (tertiary/aromatic N) is 1. The fourth-order valence-corrected chi connectivity index (χ4v) is 5.07. The van der Waals surface area contributed by atoms with Crippen LogP contribution >= 0.6 is 0 Å². The molecule has 3 N–H and O–H groups in total. The van der Waals surface area contributed by atoms with E-state index >= 15 is 0 Å². The molecule has 0 radical (unpaired) electrons. The third-order valence-electron chi connectivity index (χ3n) is 7.79. The largest absolute Gasteiger partial charge is 0.497 e. The molecule has 8 heteroatoms. The molecule has 0 heterocycles. The smallest absolute Gasteiger partial charge is 0.251 e. The molecule has 0 aliphatic rings. The summed E-state index contributed by atoms with van der Waals surface area (Å²) < 4.78 is 5.18. The molecule has 42 heavy (non-hydrogen) atoms. The molecule has 8 nitrogen and oxygen atoms in total. The van der Waals surface area contributed by atoms with E-state index in [1.165, 1.54) is 0 Å². The molecular weight excluding hydrogens is 528 g/mol. The number of ether oxygens (including phenoxy) is 1. The fourth-order valence-electron chi connectivity index (χ4n) is 5.07. The Morgan fingerprint density at radius 3 is 1.95 bits per heavy atom. The van der Waals surface area contributed by atoms with Gasteiger partial charge in [0, 0.05) is 23.7 Å². The molecule has 0 fully saturated rings. The van der Waals surface area contributed by atoms with Gasteiger partial charge in [-0.15, -0.1) is 0 Å². The monoisotopic (exact) mass is 578 g/mol. The molecule has 3 atom stereocenters. The van der Waals surface area contributed by atoms with Gasteiger partial charge in [-0.2, -0.15) is 0 Å². The Bertz CT molecular complexity index is 1230. The summed E-state index contributed by atoms with van der Waals surface area (Å²) in [6.07, 6.45) is 1.82. The highest BCUT2D eigenvalue weighted by atomic mass is 16.5. The van der Waals surface area contributed by atoms with E-state index in [4.69, 9.17) is 4.74 Å². The van der Waals surface area contributed by atoms with Crippen LogP contribution in [0, 0.1) is 11.3 Å². The standard InChI is InChI=1S/C34H50N4O4/c1-22(2)27(21-23(3)30(39)36-25-17-19-26(42-11)20-18-25)38(10)32(41)29(33(4,5)6)37-31(40)28(35-9)34(7,8)24-15-13-12-14-16-24/h12-22,27-29,35H,1-11H3,(H,36,39)(H,37,40)/b23-21+/t27-,28-,29-/m1/s1. The van der Waals surface area contributed by atoms with Crippen molar-refractivity contribution in [3.05, 3.63) is 71.8 Å². The highest BCUT2D eigenvalue weighted by Gasteiger charge is 2.41. The quantitative estimate of drug-likeness (QED) is 0.302. The minimum absolute atomic E-state index is 0.0149. The lowest BCUT2D eigenvalue weighted by molar-refractivity contribution is -0.140. The molecule has 3 amide bonds. The molecule has 0 aliphatic carbocycles. The van der Waals surface area contributed by atoms with E-state index < -0.39 is 22.9 Å². The topological polar surface area (TPSA) is 99.8 Å². The maximum atomic E-state index is 14.1. The molecule has 230 valence electrons. The van der Waals surface area contributed by atoms with Gasteiger partial charge in [0.15, 0.2) is 0 Å². The first-order valence-electron chi connectivity index (χ1n) is 14.5. The Labute approximate surface area is 252 Å².